The Balaban J connectivity index is 2.01. The van der Waals surface area contributed by atoms with Crippen LogP contribution in [0, 0.1) is 12.8 Å². The van der Waals surface area contributed by atoms with Gasteiger partial charge >= 0.3 is 6.09 Å². The molecule has 134 valence electrons. The van der Waals surface area contributed by atoms with Gasteiger partial charge in [-0.15, -0.1) is 0 Å². The summed E-state index contributed by atoms with van der Waals surface area (Å²) in [7, 11) is -3.65. The summed E-state index contributed by atoms with van der Waals surface area (Å²) in [6.45, 7) is 7.90. The zero-order chi connectivity index (χ0) is 18.1. The molecule has 2 rings (SSSR count). The van der Waals surface area contributed by atoms with E-state index in [-0.39, 0.29) is 22.0 Å². The lowest BCUT2D eigenvalue weighted by molar-refractivity contribution is 0.0289. The molecule has 0 radical (unpaired) electrons. The van der Waals surface area contributed by atoms with Gasteiger partial charge in [0, 0.05) is 24.8 Å². The standard InChI is InChI=1S/C15H22ClN3O4S/c1-10-7-17-13(18-12(10)16)24(21,22)9-11-5-6-19(8-11)14(20)23-15(2,3)4/h7,11H,5-6,8-9H2,1-4H3/t11-/m1/s1. The number of aromatic nitrogens is 2. The van der Waals surface area contributed by atoms with Gasteiger partial charge in [-0.25, -0.2) is 23.2 Å². The number of nitrogens with zero attached hydrogens (tertiary/aromatic N) is 3. The molecule has 1 amide bonds. The van der Waals surface area contributed by atoms with E-state index in [1.54, 1.807) is 27.7 Å². The Kier molecular flexibility index (Phi) is 5.39. The lowest BCUT2D eigenvalue weighted by Gasteiger charge is -2.24. The van der Waals surface area contributed by atoms with Crippen molar-refractivity contribution in [3.05, 3.63) is 16.9 Å². The van der Waals surface area contributed by atoms with Crippen molar-refractivity contribution in [2.75, 3.05) is 18.8 Å². The third-order valence-electron chi connectivity index (χ3n) is 3.56. The second kappa shape index (κ2) is 6.84. The average molecular weight is 376 g/mol. The van der Waals surface area contributed by atoms with E-state index in [1.165, 1.54) is 11.1 Å². The van der Waals surface area contributed by atoms with E-state index in [0.717, 1.165) is 0 Å². The zero-order valence-corrected chi connectivity index (χ0v) is 15.8. The Morgan fingerprint density at radius 1 is 1.46 bits per heavy atom. The van der Waals surface area contributed by atoms with Gasteiger partial charge in [0.1, 0.15) is 10.8 Å². The summed E-state index contributed by atoms with van der Waals surface area (Å²) >= 11 is 5.88. The normalized spacial score (nSPS) is 18.7. The van der Waals surface area contributed by atoms with Crippen LogP contribution in [0.2, 0.25) is 5.15 Å². The number of likely N-dealkylation sites (tertiary alicyclic amines) is 1. The average Bonchev–Trinajstić information content (AvgIpc) is 2.87. The fourth-order valence-corrected chi connectivity index (χ4v) is 4.07. The molecule has 2 heterocycles. The summed E-state index contributed by atoms with van der Waals surface area (Å²) in [5.74, 6) is -0.294. The molecule has 1 aromatic rings. The summed E-state index contributed by atoms with van der Waals surface area (Å²) in [6, 6.07) is 0. The minimum Gasteiger partial charge on any atom is -0.444 e. The maximum atomic E-state index is 12.4. The smallest absolute Gasteiger partial charge is 0.410 e. The number of amides is 1. The summed E-state index contributed by atoms with van der Waals surface area (Å²) in [5.41, 5.74) is 0.0425. The zero-order valence-electron chi connectivity index (χ0n) is 14.2. The summed E-state index contributed by atoms with van der Waals surface area (Å²) in [4.78, 5) is 21.3. The van der Waals surface area contributed by atoms with Crippen molar-refractivity contribution in [2.24, 2.45) is 5.92 Å². The number of aryl methyl sites for hydroxylation is 1. The van der Waals surface area contributed by atoms with Crippen LogP contribution in [0.1, 0.15) is 32.8 Å². The summed E-state index contributed by atoms with van der Waals surface area (Å²) in [5, 5.41) is -0.140. The Morgan fingerprint density at radius 2 is 2.12 bits per heavy atom. The Bertz CT molecular complexity index is 731. The number of halogens is 1. The van der Waals surface area contributed by atoms with Crippen LogP contribution in [0.3, 0.4) is 0 Å². The van der Waals surface area contributed by atoms with Gasteiger partial charge in [0.2, 0.25) is 15.0 Å². The molecular formula is C15H22ClN3O4S. The van der Waals surface area contributed by atoms with Gasteiger partial charge in [-0.2, -0.15) is 0 Å². The molecule has 1 aromatic heterocycles. The maximum absolute atomic E-state index is 12.4. The number of carbonyl (C=O) groups excluding carboxylic acids is 1. The van der Waals surface area contributed by atoms with Crippen LogP contribution in [0.25, 0.3) is 0 Å². The number of sulfone groups is 1. The number of hydrogen-bond acceptors (Lipinski definition) is 6. The molecule has 0 bridgehead atoms. The van der Waals surface area contributed by atoms with Gasteiger partial charge in [0.05, 0.1) is 5.75 Å². The first-order chi connectivity index (χ1) is 11.0. The number of ether oxygens (including phenoxy) is 1. The first kappa shape index (κ1) is 18.9. The van der Waals surface area contributed by atoms with Crippen LogP contribution in [0.15, 0.2) is 11.4 Å². The second-order valence-electron chi connectivity index (χ2n) is 6.99. The highest BCUT2D eigenvalue weighted by atomic mass is 35.5. The van der Waals surface area contributed by atoms with Gasteiger partial charge < -0.3 is 9.64 Å². The van der Waals surface area contributed by atoms with Gasteiger partial charge in [0.25, 0.3) is 0 Å². The van der Waals surface area contributed by atoms with Crippen molar-refractivity contribution in [1.82, 2.24) is 14.9 Å². The molecule has 9 heteroatoms. The molecule has 1 fully saturated rings. The van der Waals surface area contributed by atoms with Crippen LogP contribution < -0.4 is 0 Å². The first-order valence-electron chi connectivity index (χ1n) is 7.68. The fourth-order valence-electron chi connectivity index (χ4n) is 2.40. The third kappa shape index (κ3) is 4.80. The third-order valence-corrected chi connectivity index (χ3v) is 5.60. The molecule has 1 aliphatic rings. The van der Waals surface area contributed by atoms with E-state index < -0.39 is 21.5 Å². The fraction of sp³-hybridized carbons (Fsp3) is 0.667. The molecule has 0 unspecified atom stereocenters. The lowest BCUT2D eigenvalue weighted by Crippen LogP contribution is -2.35. The van der Waals surface area contributed by atoms with Crippen molar-refractivity contribution >= 4 is 27.5 Å². The largest absolute Gasteiger partial charge is 0.444 e. The van der Waals surface area contributed by atoms with Gasteiger partial charge in [-0.1, -0.05) is 11.6 Å². The Labute approximate surface area is 147 Å². The number of hydrogen-bond donors (Lipinski definition) is 0. The van der Waals surface area contributed by atoms with E-state index in [2.05, 4.69) is 9.97 Å². The number of carbonyl (C=O) groups is 1. The van der Waals surface area contributed by atoms with E-state index in [9.17, 15) is 13.2 Å². The Morgan fingerprint density at radius 3 is 2.71 bits per heavy atom. The minimum absolute atomic E-state index is 0.119. The molecule has 0 N–H and O–H groups in total. The van der Waals surface area contributed by atoms with E-state index >= 15 is 0 Å². The van der Waals surface area contributed by atoms with Crippen LogP contribution in [0.4, 0.5) is 4.79 Å². The van der Waals surface area contributed by atoms with Crippen molar-refractivity contribution in [3.63, 3.8) is 0 Å². The predicted octanol–water partition coefficient (Wildman–Crippen LogP) is 2.47. The van der Waals surface area contributed by atoms with Crippen molar-refractivity contribution in [3.8, 4) is 0 Å². The maximum Gasteiger partial charge on any atom is 0.410 e. The molecule has 0 spiro atoms. The Hall–Kier alpha value is -1.41. The molecule has 1 saturated heterocycles. The minimum atomic E-state index is -3.65. The molecule has 0 aromatic carbocycles. The molecule has 0 aliphatic carbocycles. The van der Waals surface area contributed by atoms with Crippen LogP contribution in [-0.2, 0) is 14.6 Å². The lowest BCUT2D eigenvalue weighted by atomic mass is 10.2. The molecule has 1 atom stereocenters. The quantitative estimate of drug-likeness (QED) is 0.595. The molecule has 7 nitrogen and oxygen atoms in total. The van der Waals surface area contributed by atoms with Crippen molar-refractivity contribution < 1.29 is 17.9 Å². The van der Waals surface area contributed by atoms with Gasteiger partial charge in [-0.3, -0.25) is 0 Å². The van der Waals surface area contributed by atoms with Crippen molar-refractivity contribution in [2.45, 2.75) is 44.9 Å². The molecular weight excluding hydrogens is 354 g/mol. The van der Waals surface area contributed by atoms with E-state index in [4.69, 9.17) is 16.3 Å². The SMILES string of the molecule is Cc1cnc(S(=O)(=O)C[C@@H]2CCN(C(=O)OC(C)(C)C)C2)nc1Cl. The molecule has 1 aliphatic heterocycles. The second-order valence-corrected chi connectivity index (χ2v) is 9.27. The highest BCUT2D eigenvalue weighted by molar-refractivity contribution is 7.91. The van der Waals surface area contributed by atoms with Crippen molar-refractivity contribution in [1.29, 1.82) is 0 Å². The van der Waals surface area contributed by atoms with Crippen LogP contribution in [0.5, 0.6) is 0 Å². The highest BCUT2D eigenvalue weighted by Gasteiger charge is 2.33. The molecule has 0 saturated carbocycles. The first-order valence-corrected chi connectivity index (χ1v) is 9.71. The van der Waals surface area contributed by atoms with E-state index in [1.807, 2.05) is 0 Å². The molecule has 24 heavy (non-hydrogen) atoms. The topological polar surface area (TPSA) is 89.5 Å². The van der Waals surface area contributed by atoms with Gasteiger partial charge in [-0.05, 0) is 40.0 Å². The predicted molar refractivity (Wildman–Crippen MR) is 89.7 cm³/mol. The van der Waals surface area contributed by atoms with Gasteiger partial charge in [0.15, 0.2) is 0 Å². The number of rotatable bonds is 3. The van der Waals surface area contributed by atoms with E-state index in [0.29, 0.717) is 25.1 Å². The monoisotopic (exact) mass is 375 g/mol. The summed E-state index contributed by atoms with van der Waals surface area (Å²) in [6.07, 6.45) is 1.57. The highest BCUT2D eigenvalue weighted by Crippen LogP contribution is 2.23. The van der Waals surface area contributed by atoms with Crippen LogP contribution >= 0.6 is 11.6 Å². The van der Waals surface area contributed by atoms with Crippen LogP contribution in [-0.4, -0.2) is 53.8 Å². The summed E-state index contributed by atoms with van der Waals surface area (Å²) < 4.78 is 30.2.